The fourth-order valence-electron chi connectivity index (χ4n) is 2.95. The molecule has 2 rings (SSSR count). The Balaban J connectivity index is 1.91. The minimum Gasteiger partial charge on any atom is -0.378 e. The molecule has 0 amide bonds. The van der Waals surface area contributed by atoms with E-state index in [1.54, 1.807) is 6.07 Å². The number of benzene rings is 1. The van der Waals surface area contributed by atoms with Crippen molar-refractivity contribution in [2.24, 2.45) is 0 Å². The van der Waals surface area contributed by atoms with Gasteiger partial charge in [0.1, 0.15) is 5.82 Å². The second-order valence-corrected chi connectivity index (χ2v) is 5.70. The van der Waals surface area contributed by atoms with Crippen molar-refractivity contribution in [1.29, 1.82) is 0 Å². The highest BCUT2D eigenvalue weighted by Crippen LogP contribution is 2.25. The first kappa shape index (κ1) is 15.5. The first-order chi connectivity index (χ1) is 9.70. The van der Waals surface area contributed by atoms with Gasteiger partial charge in [0, 0.05) is 18.2 Å². The molecular weight excluding hydrogens is 253 g/mol. The Morgan fingerprint density at radius 1 is 1.45 bits per heavy atom. The van der Waals surface area contributed by atoms with Crippen LogP contribution in [0, 0.1) is 12.7 Å². The smallest absolute Gasteiger partial charge is 0.128 e. The van der Waals surface area contributed by atoms with Gasteiger partial charge in [0.15, 0.2) is 0 Å². The lowest BCUT2D eigenvalue weighted by Crippen LogP contribution is -2.22. The number of hydrogen-bond acceptors (Lipinski definition) is 2. The van der Waals surface area contributed by atoms with Crippen LogP contribution in [0.1, 0.15) is 56.2 Å². The lowest BCUT2D eigenvalue weighted by molar-refractivity contribution is 0.101. The third kappa shape index (κ3) is 4.29. The van der Waals surface area contributed by atoms with Crippen molar-refractivity contribution in [3.63, 3.8) is 0 Å². The summed E-state index contributed by atoms with van der Waals surface area (Å²) >= 11 is 0. The molecule has 0 bridgehead atoms. The van der Waals surface area contributed by atoms with Gasteiger partial charge in [-0.1, -0.05) is 19.1 Å². The molecule has 0 spiro atoms. The summed E-state index contributed by atoms with van der Waals surface area (Å²) in [4.78, 5) is 0. The molecule has 1 saturated heterocycles. The summed E-state index contributed by atoms with van der Waals surface area (Å²) in [5.74, 6) is -0.0898. The Morgan fingerprint density at radius 3 is 2.95 bits per heavy atom. The van der Waals surface area contributed by atoms with E-state index in [9.17, 15) is 4.39 Å². The minimum absolute atomic E-state index is 0.0898. The number of nitrogens with one attached hydrogen (secondary N) is 1. The third-order valence-electron chi connectivity index (χ3n) is 4.02. The van der Waals surface area contributed by atoms with E-state index < -0.39 is 0 Å². The van der Waals surface area contributed by atoms with Gasteiger partial charge in [-0.05, 0) is 57.2 Å². The fraction of sp³-hybridized carbons (Fsp3) is 0.647. The predicted molar refractivity (Wildman–Crippen MR) is 80.4 cm³/mol. The molecule has 1 aromatic rings. The molecule has 1 aliphatic rings. The lowest BCUT2D eigenvalue weighted by Gasteiger charge is -2.20. The maximum Gasteiger partial charge on any atom is 0.128 e. The van der Waals surface area contributed by atoms with Gasteiger partial charge in [-0.15, -0.1) is 0 Å². The Hall–Kier alpha value is -0.930. The van der Waals surface area contributed by atoms with Crippen molar-refractivity contribution in [3.8, 4) is 0 Å². The number of hydrogen-bond donors (Lipinski definition) is 1. The molecule has 1 aromatic carbocycles. The van der Waals surface area contributed by atoms with Gasteiger partial charge in [0.05, 0.1) is 6.10 Å². The SMILES string of the molecule is CCNC(CCCC1CCCO1)c1ccc(C)cc1F. The van der Waals surface area contributed by atoms with Gasteiger partial charge in [0.2, 0.25) is 0 Å². The van der Waals surface area contributed by atoms with Gasteiger partial charge < -0.3 is 10.1 Å². The molecule has 0 radical (unpaired) electrons. The zero-order valence-corrected chi connectivity index (χ0v) is 12.6. The molecule has 112 valence electrons. The second-order valence-electron chi connectivity index (χ2n) is 5.70. The topological polar surface area (TPSA) is 21.3 Å². The maximum absolute atomic E-state index is 14.1. The van der Waals surface area contributed by atoms with Gasteiger partial charge in [-0.2, -0.15) is 0 Å². The lowest BCUT2D eigenvalue weighted by atomic mass is 9.98. The quantitative estimate of drug-likeness (QED) is 0.810. The summed E-state index contributed by atoms with van der Waals surface area (Å²) < 4.78 is 19.7. The van der Waals surface area contributed by atoms with E-state index in [1.807, 2.05) is 19.1 Å². The first-order valence-electron chi connectivity index (χ1n) is 7.81. The first-order valence-corrected chi connectivity index (χ1v) is 7.81. The zero-order valence-electron chi connectivity index (χ0n) is 12.6. The molecule has 1 aliphatic heterocycles. The molecule has 2 nitrogen and oxygen atoms in total. The monoisotopic (exact) mass is 279 g/mol. The van der Waals surface area contributed by atoms with Crippen LogP contribution in [0.2, 0.25) is 0 Å². The molecule has 0 aliphatic carbocycles. The van der Waals surface area contributed by atoms with Gasteiger partial charge >= 0.3 is 0 Å². The van der Waals surface area contributed by atoms with E-state index >= 15 is 0 Å². The number of ether oxygens (including phenoxy) is 1. The number of halogens is 1. The molecule has 1 fully saturated rings. The van der Waals surface area contributed by atoms with Crippen LogP contribution in [0.5, 0.6) is 0 Å². The van der Waals surface area contributed by atoms with Crippen molar-refractivity contribution in [3.05, 3.63) is 35.1 Å². The van der Waals surface area contributed by atoms with Crippen molar-refractivity contribution >= 4 is 0 Å². The van der Waals surface area contributed by atoms with Crippen LogP contribution in [-0.4, -0.2) is 19.3 Å². The average Bonchev–Trinajstić information content (AvgIpc) is 2.91. The summed E-state index contributed by atoms with van der Waals surface area (Å²) in [6.07, 6.45) is 5.94. The van der Waals surface area contributed by atoms with Gasteiger partial charge in [-0.25, -0.2) is 4.39 Å². The summed E-state index contributed by atoms with van der Waals surface area (Å²) in [6, 6.07) is 5.65. The van der Waals surface area contributed by atoms with Crippen LogP contribution in [0.25, 0.3) is 0 Å². The molecular formula is C17H26FNO. The van der Waals surface area contributed by atoms with E-state index in [0.717, 1.165) is 43.5 Å². The second kappa shape index (κ2) is 7.75. The molecule has 0 aromatic heterocycles. The standard InChI is InChI=1S/C17H26FNO/c1-3-19-17(8-4-6-14-7-5-11-20-14)15-10-9-13(2)12-16(15)18/h9-10,12,14,17,19H,3-8,11H2,1-2H3. The predicted octanol–water partition coefficient (Wildman–Crippen LogP) is 4.13. The van der Waals surface area contributed by atoms with Crippen LogP contribution in [0.15, 0.2) is 18.2 Å². The molecule has 1 N–H and O–H groups in total. The Kier molecular flexibility index (Phi) is 5.99. The van der Waals surface area contributed by atoms with Crippen LogP contribution in [0.4, 0.5) is 4.39 Å². The average molecular weight is 279 g/mol. The minimum atomic E-state index is -0.0898. The van der Waals surface area contributed by atoms with Crippen LogP contribution >= 0.6 is 0 Å². The zero-order chi connectivity index (χ0) is 14.4. The maximum atomic E-state index is 14.1. The molecule has 0 saturated carbocycles. The van der Waals surface area contributed by atoms with Crippen molar-refractivity contribution in [2.45, 2.75) is 58.1 Å². The normalized spacial score (nSPS) is 20.2. The van der Waals surface area contributed by atoms with Crippen LogP contribution < -0.4 is 5.32 Å². The molecule has 3 heteroatoms. The largest absolute Gasteiger partial charge is 0.378 e. The third-order valence-corrected chi connectivity index (χ3v) is 4.02. The van der Waals surface area contributed by atoms with Crippen LogP contribution in [-0.2, 0) is 4.74 Å². The summed E-state index contributed by atoms with van der Waals surface area (Å²) in [5.41, 5.74) is 1.77. The Morgan fingerprint density at radius 2 is 2.30 bits per heavy atom. The van der Waals surface area contributed by atoms with Gasteiger partial charge in [0.25, 0.3) is 0 Å². The highest BCUT2D eigenvalue weighted by molar-refractivity contribution is 5.26. The Labute approximate surface area is 121 Å². The summed E-state index contributed by atoms with van der Waals surface area (Å²) in [5, 5.41) is 3.40. The van der Waals surface area contributed by atoms with Crippen molar-refractivity contribution in [2.75, 3.05) is 13.2 Å². The van der Waals surface area contributed by atoms with E-state index in [1.165, 1.54) is 12.8 Å². The molecule has 20 heavy (non-hydrogen) atoms. The molecule has 2 unspecified atom stereocenters. The Bertz CT molecular complexity index is 415. The summed E-state index contributed by atoms with van der Waals surface area (Å²) in [7, 11) is 0. The summed E-state index contributed by atoms with van der Waals surface area (Å²) in [6.45, 7) is 5.76. The molecule has 1 heterocycles. The van der Waals surface area contributed by atoms with Gasteiger partial charge in [-0.3, -0.25) is 0 Å². The van der Waals surface area contributed by atoms with E-state index in [-0.39, 0.29) is 11.9 Å². The fourth-order valence-corrected chi connectivity index (χ4v) is 2.95. The van der Waals surface area contributed by atoms with Crippen LogP contribution in [0.3, 0.4) is 0 Å². The highest BCUT2D eigenvalue weighted by Gasteiger charge is 2.18. The van der Waals surface area contributed by atoms with E-state index in [0.29, 0.717) is 6.10 Å². The van der Waals surface area contributed by atoms with Crippen molar-refractivity contribution in [1.82, 2.24) is 5.32 Å². The van der Waals surface area contributed by atoms with E-state index in [2.05, 4.69) is 12.2 Å². The highest BCUT2D eigenvalue weighted by atomic mass is 19.1. The van der Waals surface area contributed by atoms with E-state index in [4.69, 9.17) is 4.74 Å². The van der Waals surface area contributed by atoms with Crippen molar-refractivity contribution < 1.29 is 9.13 Å². The number of aryl methyl sites for hydroxylation is 1. The molecule has 2 atom stereocenters. The number of rotatable bonds is 7.